The molecule has 0 aliphatic rings. The minimum Gasteiger partial charge on any atom is -0.324 e. The first kappa shape index (κ1) is 14.8. The maximum Gasteiger partial charge on any atom is 0.0596 e. The van der Waals surface area contributed by atoms with Gasteiger partial charge in [-0.1, -0.05) is 17.7 Å². The Balaban J connectivity index is 2.30. The SMILES string of the molecule is CCn1nc(C)cc1CC(N)c1c(C)cc(C)cc1C. The molecule has 1 aromatic carbocycles. The van der Waals surface area contributed by atoms with E-state index in [4.69, 9.17) is 5.73 Å². The van der Waals surface area contributed by atoms with Gasteiger partial charge in [-0.05, 0) is 57.4 Å². The summed E-state index contributed by atoms with van der Waals surface area (Å²) in [4.78, 5) is 0. The van der Waals surface area contributed by atoms with Gasteiger partial charge < -0.3 is 5.73 Å². The normalized spacial score (nSPS) is 12.7. The summed E-state index contributed by atoms with van der Waals surface area (Å²) in [5, 5.41) is 4.50. The lowest BCUT2D eigenvalue weighted by atomic mass is 9.92. The third-order valence-corrected chi connectivity index (χ3v) is 3.82. The second-order valence-corrected chi connectivity index (χ2v) is 5.72. The fourth-order valence-corrected chi connectivity index (χ4v) is 3.14. The second kappa shape index (κ2) is 5.80. The van der Waals surface area contributed by atoms with Gasteiger partial charge in [-0.2, -0.15) is 5.10 Å². The Hall–Kier alpha value is -1.61. The van der Waals surface area contributed by atoms with Crippen molar-refractivity contribution in [3.05, 3.63) is 51.8 Å². The lowest BCUT2D eigenvalue weighted by molar-refractivity contribution is 0.585. The number of benzene rings is 1. The van der Waals surface area contributed by atoms with Gasteiger partial charge in [0.1, 0.15) is 0 Å². The van der Waals surface area contributed by atoms with Crippen LogP contribution in [-0.4, -0.2) is 9.78 Å². The third kappa shape index (κ3) is 2.93. The highest BCUT2D eigenvalue weighted by Crippen LogP contribution is 2.25. The molecule has 108 valence electrons. The van der Waals surface area contributed by atoms with Gasteiger partial charge in [0.15, 0.2) is 0 Å². The molecule has 3 heteroatoms. The fraction of sp³-hybridized carbons (Fsp3) is 0.471. The van der Waals surface area contributed by atoms with E-state index in [-0.39, 0.29) is 6.04 Å². The van der Waals surface area contributed by atoms with E-state index in [2.05, 4.69) is 51.0 Å². The molecule has 0 spiro atoms. The summed E-state index contributed by atoms with van der Waals surface area (Å²) in [5.41, 5.74) is 13.9. The smallest absolute Gasteiger partial charge is 0.0596 e. The molecule has 2 aromatic rings. The first-order valence-corrected chi connectivity index (χ1v) is 7.29. The molecule has 1 unspecified atom stereocenters. The van der Waals surface area contributed by atoms with Crippen molar-refractivity contribution in [1.29, 1.82) is 0 Å². The molecule has 1 heterocycles. The molecule has 0 fully saturated rings. The van der Waals surface area contributed by atoms with Crippen LogP contribution in [0.4, 0.5) is 0 Å². The molecule has 3 nitrogen and oxygen atoms in total. The molecule has 2 rings (SSSR count). The highest BCUT2D eigenvalue weighted by Gasteiger charge is 2.15. The van der Waals surface area contributed by atoms with Crippen molar-refractivity contribution in [3.63, 3.8) is 0 Å². The van der Waals surface area contributed by atoms with Crippen molar-refractivity contribution in [2.75, 3.05) is 0 Å². The molecule has 1 atom stereocenters. The van der Waals surface area contributed by atoms with Crippen LogP contribution in [0.1, 0.15) is 46.6 Å². The average Bonchev–Trinajstić information content (AvgIpc) is 2.67. The molecular weight excluding hydrogens is 246 g/mol. The number of aromatic nitrogens is 2. The van der Waals surface area contributed by atoms with E-state index >= 15 is 0 Å². The number of hydrogen-bond acceptors (Lipinski definition) is 2. The summed E-state index contributed by atoms with van der Waals surface area (Å²) in [6, 6.07) is 6.59. The van der Waals surface area contributed by atoms with Crippen LogP contribution in [0.25, 0.3) is 0 Å². The number of aryl methyl sites for hydroxylation is 5. The third-order valence-electron chi connectivity index (χ3n) is 3.82. The second-order valence-electron chi connectivity index (χ2n) is 5.72. The van der Waals surface area contributed by atoms with Crippen LogP contribution in [0.3, 0.4) is 0 Å². The maximum atomic E-state index is 6.47. The fourth-order valence-electron chi connectivity index (χ4n) is 3.14. The van der Waals surface area contributed by atoms with Crippen LogP contribution in [0.2, 0.25) is 0 Å². The van der Waals surface area contributed by atoms with Crippen molar-refractivity contribution < 1.29 is 0 Å². The number of rotatable bonds is 4. The largest absolute Gasteiger partial charge is 0.324 e. The topological polar surface area (TPSA) is 43.8 Å². The van der Waals surface area contributed by atoms with Crippen LogP contribution in [-0.2, 0) is 13.0 Å². The molecule has 0 radical (unpaired) electrons. The van der Waals surface area contributed by atoms with E-state index in [1.54, 1.807) is 0 Å². The van der Waals surface area contributed by atoms with E-state index in [1.165, 1.54) is 27.9 Å². The predicted molar refractivity (Wildman–Crippen MR) is 83.9 cm³/mol. The first-order valence-electron chi connectivity index (χ1n) is 7.29. The van der Waals surface area contributed by atoms with E-state index in [0.717, 1.165) is 18.7 Å². The minimum absolute atomic E-state index is 0.0250. The monoisotopic (exact) mass is 271 g/mol. The van der Waals surface area contributed by atoms with Crippen LogP contribution in [0, 0.1) is 27.7 Å². The molecule has 0 bridgehead atoms. The number of nitrogens with two attached hydrogens (primary N) is 1. The highest BCUT2D eigenvalue weighted by molar-refractivity contribution is 5.40. The Kier molecular flexibility index (Phi) is 4.29. The Morgan fingerprint density at radius 1 is 1.10 bits per heavy atom. The molecular formula is C17H25N3. The van der Waals surface area contributed by atoms with Gasteiger partial charge in [0, 0.05) is 24.7 Å². The molecule has 0 amide bonds. The Bertz CT molecular complexity index is 588. The van der Waals surface area contributed by atoms with E-state index in [9.17, 15) is 0 Å². The van der Waals surface area contributed by atoms with Crippen molar-refractivity contribution >= 4 is 0 Å². The van der Waals surface area contributed by atoms with Crippen LogP contribution in [0.5, 0.6) is 0 Å². The summed E-state index contributed by atoms with van der Waals surface area (Å²) >= 11 is 0. The van der Waals surface area contributed by atoms with Crippen molar-refractivity contribution in [2.45, 2.75) is 53.6 Å². The maximum absolute atomic E-state index is 6.47. The highest BCUT2D eigenvalue weighted by atomic mass is 15.3. The van der Waals surface area contributed by atoms with Gasteiger partial charge in [0.2, 0.25) is 0 Å². The molecule has 2 N–H and O–H groups in total. The summed E-state index contributed by atoms with van der Waals surface area (Å²) in [6.45, 7) is 11.5. The zero-order valence-electron chi connectivity index (χ0n) is 13.2. The standard InChI is InChI=1S/C17H25N3/c1-6-20-15(9-14(5)19-20)10-16(18)17-12(3)7-11(2)8-13(17)4/h7-9,16H,6,10,18H2,1-5H3. The molecule has 0 saturated carbocycles. The van der Waals surface area contributed by atoms with Gasteiger partial charge in [0.25, 0.3) is 0 Å². The molecule has 0 aliphatic carbocycles. The first-order chi connectivity index (χ1) is 9.42. The summed E-state index contributed by atoms with van der Waals surface area (Å²) in [5.74, 6) is 0. The van der Waals surface area contributed by atoms with Crippen LogP contribution < -0.4 is 5.73 Å². The van der Waals surface area contributed by atoms with Gasteiger partial charge in [-0.25, -0.2) is 0 Å². The van der Waals surface area contributed by atoms with Crippen molar-refractivity contribution in [2.24, 2.45) is 5.73 Å². The van der Waals surface area contributed by atoms with E-state index in [1.807, 2.05) is 11.6 Å². The zero-order valence-corrected chi connectivity index (χ0v) is 13.2. The number of hydrogen-bond donors (Lipinski definition) is 1. The predicted octanol–water partition coefficient (Wildman–Crippen LogP) is 3.38. The average molecular weight is 271 g/mol. The number of nitrogens with zero attached hydrogens (tertiary/aromatic N) is 2. The molecule has 1 aromatic heterocycles. The van der Waals surface area contributed by atoms with Crippen LogP contribution >= 0.6 is 0 Å². The van der Waals surface area contributed by atoms with Gasteiger partial charge in [0.05, 0.1) is 5.69 Å². The van der Waals surface area contributed by atoms with E-state index < -0.39 is 0 Å². The van der Waals surface area contributed by atoms with Gasteiger partial charge in [-0.3, -0.25) is 4.68 Å². The lowest BCUT2D eigenvalue weighted by Crippen LogP contribution is -2.18. The van der Waals surface area contributed by atoms with Crippen molar-refractivity contribution in [1.82, 2.24) is 9.78 Å². The minimum atomic E-state index is 0.0250. The molecule has 0 saturated heterocycles. The quantitative estimate of drug-likeness (QED) is 0.926. The summed E-state index contributed by atoms with van der Waals surface area (Å²) in [7, 11) is 0. The van der Waals surface area contributed by atoms with Crippen LogP contribution in [0.15, 0.2) is 18.2 Å². The van der Waals surface area contributed by atoms with Gasteiger partial charge >= 0.3 is 0 Å². The lowest BCUT2D eigenvalue weighted by Gasteiger charge is -2.19. The Morgan fingerprint density at radius 3 is 2.25 bits per heavy atom. The Morgan fingerprint density at radius 2 is 1.70 bits per heavy atom. The summed E-state index contributed by atoms with van der Waals surface area (Å²) < 4.78 is 2.05. The summed E-state index contributed by atoms with van der Waals surface area (Å²) in [6.07, 6.45) is 0.833. The molecule has 20 heavy (non-hydrogen) atoms. The zero-order chi connectivity index (χ0) is 14.9. The van der Waals surface area contributed by atoms with E-state index in [0.29, 0.717) is 0 Å². The Labute approximate surface area is 121 Å². The van der Waals surface area contributed by atoms with Crippen molar-refractivity contribution in [3.8, 4) is 0 Å². The molecule has 0 aliphatic heterocycles. The van der Waals surface area contributed by atoms with Gasteiger partial charge in [-0.15, -0.1) is 0 Å².